The monoisotopic (exact) mass is 202 g/mol. The van der Waals surface area contributed by atoms with Gasteiger partial charge in [-0.3, -0.25) is 0 Å². The fourth-order valence-corrected chi connectivity index (χ4v) is 0.428. The molecule has 0 atom stereocenters. The van der Waals surface area contributed by atoms with Gasteiger partial charge in [0.25, 0.3) is 0 Å². The molecule has 11 heavy (non-hydrogen) atoms. The Morgan fingerprint density at radius 3 is 1.82 bits per heavy atom. The van der Waals surface area contributed by atoms with E-state index in [4.69, 9.17) is 10.8 Å². The summed E-state index contributed by atoms with van der Waals surface area (Å²) in [6.45, 7) is 3.76. The number of phenolic OH excluding ortho intramolecular Hbond substituents is 1. The minimum absolute atomic E-state index is 0. The number of aromatic hydroxyl groups is 1. The third-order valence-electron chi connectivity index (χ3n) is 0.756. The van der Waals surface area contributed by atoms with Gasteiger partial charge in [-0.2, -0.15) is 0 Å². The molecule has 1 rings (SSSR count). The molecule has 0 radical (unpaired) electrons. The van der Waals surface area contributed by atoms with Crippen molar-refractivity contribution in [1.29, 1.82) is 0 Å². The number of rotatable bonds is 0. The zero-order valence-corrected chi connectivity index (χ0v) is 9.50. The Bertz CT molecular complexity index is 155. The van der Waals surface area contributed by atoms with Gasteiger partial charge in [-0.05, 0) is 12.1 Å². The fraction of sp³-hybridized carbons (Fsp3) is 0.125. The van der Waals surface area contributed by atoms with Gasteiger partial charge < -0.3 is 17.8 Å². The van der Waals surface area contributed by atoms with E-state index < -0.39 is 0 Å². The van der Waals surface area contributed by atoms with Crippen LogP contribution in [-0.4, -0.2) is 11.7 Å². The molecule has 0 saturated heterocycles. The predicted octanol–water partition coefficient (Wildman–Crippen LogP) is 1.17. The van der Waals surface area contributed by atoms with Crippen molar-refractivity contribution in [2.75, 3.05) is 6.54 Å². The number of para-hydroxylation sites is 1. The second-order valence-corrected chi connectivity index (χ2v) is 1.62. The topological polar surface area (TPSA) is 46.2 Å². The van der Waals surface area contributed by atoms with Crippen LogP contribution < -0.4 is 5.73 Å². The molecule has 0 heterocycles. The van der Waals surface area contributed by atoms with Gasteiger partial charge in [0.05, 0.1) is 0 Å². The molecule has 0 unspecified atom stereocenters. The third kappa shape index (κ3) is 9.60. The molecule has 0 aliphatic heterocycles. The van der Waals surface area contributed by atoms with Crippen LogP contribution in [0.1, 0.15) is 0 Å². The van der Waals surface area contributed by atoms with Crippen molar-refractivity contribution >= 4 is 0 Å². The van der Waals surface area contributed by atoms with Gasteiger partial charge in [-0.25, -0.2) is 0 Å². The Kier molecular flexibility index (Phi) is 11.5. The summed E-state index contributed by atoms with van der Waals surface area (Å²) in [6.07, 6.45) is 0. The molecule has 2 nitrogen and oxygen atoms in total. The van der Waals surface area contributed by atoms with E-state index in [1.807, 2.05) is 6.07 Å². The molecule has 3 heteroatoms. The summed E-state index contributed by atoms with van der Waals surface area (Å²) in [5, 5.41) is 8.63. The van der Waals surface area contributed by atoms with Crippen LogP contribution in [0.3, 0.4) is 0 Å². The third-order valence-corrected chi connectivity index (χ3v) is 0.756. The second-order valence-electron chi connectivity index (χ2n) is 1.62. The second kappa shape index (κ2) is 9.60. The molecule has 0 amide bonds. The minimum Gasteiger partial charge on any atom is -0.508 e. The van der Waals surface area contributed by atoms with Crippen molar-refractivity contribution in [2.24, 2.45) is 5.73 Å². The summed E-state index contributed by atoms with van der Waals surface area (Å²) in [5.74, 6) is 0.322. The van der Waals surface area contributed by atoms with Gasteiger partial charge in [0, 0.05) is 19.5 Å². The zero-order valence-electron chi connectivity index (χ0n) is 6.53. The Hall–Kier alpha value is -0.397. The first-order valence-corrected chi connectivity index (χ1v) is 3.04. The molecule has 58 valence electrons. The van der Waals surface area contributed by atoms with Gasteiger partial charge in [0.2, 0.25) is 0 Å². The number of hydrogen-bond donors (Lipinski definition) is 2. The molecule has 0 saturated carbocycles. The SMILES string of the molecule is Oc1ccccc1.[CH2-]CN.[Zn]. The summed E-state index contributed by atoms with van der Waals surface area (Å²) in [5.41, 5.74) is 4.74. The van der Waals surface area contributed by atoms with Crippen LogP contribution in [0.5, 0.6) is 5.75 Å². The van der Waals surface area contributed by atoms with Gasteiger partial charge in [0.1, 0.15) is 5.75 Å². The number of benzene rings is 1. The summed E-state index contributed by atoms with van der Waals surface area (Å²) in [4.78, 5) is 0. The van der Waals surface area contributed by atoms with E-state index in [0.717, 1.165) is 0 Å². The van der Waals surface area contributed by atoms with Crippen LogP contribution in [0, 0.1) is 6.92 Å². The van der Waals surface area contributed by atoms with Crippen LogP contribution in [0.15, 0.2) is 30.3 Å². The molecular formula is C8H12NOZn-. The molecule has 0 aromatic heterocycles. The van der Waals surface area contributed by atoms with Crippen molar-refractivity contribution in [3.05, 3.63) is 37.3 Å². The van der Waals surface area contributed by atoms with E-state index in [-0.39, 0.29) is 19.5 Å². The van der Waals surface area contributed by atoms with Crippen molar-refractivity contribution in [2.45, 2.75) is 0 Å². The smallest absolute Gasteiger partial charge is 0.115 e. The maximum absolute atomic E-state index is 8.63. The van der Waals surface area contributed by atoms with Crippen LogP contribution in [0.2, 0.25) is 0 Å². The van der Waals surface area contributed by atoms with Crippen LogP contribution in [0.25, 0.3) is 0 Å². The van der Waals surface area contributed by atoms with Gasteiger partial charge >= 0.3 is 0 Å². The minimum atomic E-state index is 0. The largest absolute Gasteiger partial charge is 0.508 e. The van der Waals surface area contributed by atoms with E-state index in [2.05, 4.69) is 6.92 Å². The van der Waals surface area contributed by atoms with Crippen molar-refractivity contribution < 1.29 is 24.6 Å². The van der Waals surface area contributed by atoms with E-state index in [1.165, 1.54) is 0 Å². The zero-order chi connectivity index (χ0) is 7.82. The van der Waals surface area contributed by atoms with Gasteiger partial charge in [-0.1, -0.05) is 18.2 Å². The molecule has 3 N–H and O–H groups in total. The van der Waals surface area contributed by atoms with Crippen LogP contribution >= 0.6 is 0 Å². The Morgan fingerprint density at radius 1 is 1.27 bits per heavy atom. The predicted molar refractivity (Wildman–Crippen MR) is 42.5 cm³/mol. The summed E-state index contributed by atoms with van der Waals surface area (Å²) >= 11 is 0. The Balaban J connectivity index is 0. The van der Waals surface area contributed by atoms with E-state index in [0.29, 0.717) is 12.3 Å². The molecule has 0 spiro atoms. The average molecular weight is 204 g/mol. The van der Waals surface area contributed by atoms with Crippen molar-refractivity contribution in [3.63, 3.8) is 0 Å². The molecule has 1 aromatic carbocycles. The van der Waals surface area contributed by atoms with E-state index >= 15 is 0 Å². The molecule has 0 aliphatic rings. The summed E-state index contributed by atoms with van der Waals surface area (Å²) in [7, 11) is 0. The summed E-state index contributed by atoms with van der Waals surface area (Å²) < 4.78 is 0. The summed E-state index contributed by atoms with van der Waals surface area (Å²) in [6, 6.07) is 8.71. The molecule has 0 fully saturated rings. The van der Waals surface area contributed by atoms with Crippen LogP contribution in [-0.2, 0) is 19.5 Å². The number of hydrogen-bond acceptors (Lipinski definition) is 2. The molecular weight excluding hydrogens is 191 g/mol. The first-order chi connectivity index (χ1) is 4.81. The first-order valence-electron chi connectivity index (χ1n) is 3.04. The van der Waals surface area contributed by atoms with Crippen molar-refractivity contribution in [3.8, 4) is 5.75 Å². The maximum atomic E-state index is 8.63. The van der Waals surface area contributed by atoms with Gasteiger partial charge in [-0.15, -0.1) is 6.54 Å². The standard InChI is InChI=1S/C6H6O.C2H6N.Zn/c7-6-4-2-1-3-5-6;1-2-3;/h1-5,7H;1-3H2;/q;-1;. The number of nitrogens with two attached hydrogens (primary N) is 1. The average Bonchev–Trinajstić information content (AvgIpc) is 1.91. The van der Waals surface area contributed by atoms with E-state index in [1.54, 1.807) is 24.3 Å². The molecule has 1 aromatic rings. The maximum Gasteiger partial charge on any atom is 0.115 e. The van der Waals surface area contributed by atoms with Crippen molar-refractivity contribution in [1.82, 2.24) is 0 Å². The Morgan fingerprint density at radius 2 is 1.64 bits per heavy atom. The van der Waals surface area contributed by atoms with Crippen LogP contribution in [0.4, 0.5) is 0 Å². The number of phenols is 1. The van der Waals surface area contributed by atoms with E-state index in [9.17, 15) is 0 Å². The quantitative estimate of drug-likeness (QED) is 0.491. The normalized spacial score (nSPS) is 7.09. The first kappa shape index (κ1) is 13.2. The Labute approximate surface area is 80.2 Å². The fourth-order valence-electron chi connectivity index (χ4n) is 0.428. The molecule has 0 bridgehead atoms. The van der Waals surface area contributed by atoms with Gasteiger partial charge in [0.15, 0.2) is 0 Å². The molecule has 0 aliphatic carbocycles.